The van der Waals surface area contributed by atoms with Gasteiger partial charge in [-0.05, 0) is 18.2 Å². The van der Waals surface area contributed by atoms with Gasteiger partial charge in [-0.1, -0.05) is 0 Å². The van der Waals surface area contributed by atoms with Crippen LogP contribution in [-0.2, 0) is 16.6 Å². The first kappa shape index (κ1) is 25.3. The lowest BCUT2D eigenvalue weighted by Gasteiger charge is -2.41. The van der Waals surface area contributed by atoms with Crippen molar-refractivity contribution in [1.29, 1.82) is 0 Å². The van der Waals surface area contributed by atoms with Crippen molar-refractivity contribution >= 4 is 46.6 Å². The van der Waals surface area contributed by atoms with E-state index in [0.717, 1.165) is 6.07 Å². The standard InChI is InChI=1S/C24H22FN7O8/c1-30-9-16(40-24(36)37)19(34)13-4-14(25)22(29-21(13)30)31-6-11(7-31)26-5-12-8-32(23(35)39-12)17-3-2-15-20(27-17)28-18(33)10-38-15/h2-4,9,11-12,26H,5-8,10H2,1H3,(H,36,37)(H,27,28,33)/t12-/m1/s1. The molecule has 2 saturated heterocycles. The SMILES string of the molecule is Cn1cc(OC(=O)O)c(=O)c2cc(F)c(N3CC(NC[C@@H]4CN(c5ccc6c(n5)NC(=O)CO6)C(=O)O4)C3)nc21. The molecule has 0 saturated carbocycles. The van der Waals surface area contributed by atoms with Crippen LogP contribution >= 0.6 is 0 Å². The molecule has 3 N–H and O–H groups in total. The second-order valence-corrected chi connectivity index (χ2v) is 9.45. The number of aromatic nitrogens is 3. The van der Waals surface area contributed by atoms with Crippen molar-refractivity contribution in [3.63, 3.8) is 0 Å². The van der Waals surface area contributed by atoms with Crippen LogP contribution in [0.3, 0.4) is 0 Å². The number of rotatable bonds is 6. The Kier molecular flexibility index (Phi) is 6.10. The molecule has 6 heterocycles. The fourth-order valence-corrected chi connectivity index (χ4v) is 4.72. The molecule has 3 aromatic rings. The molecule has 40 heavy (non-hydrogen) atoms. The van der Waals surface area contributed by atoms with Gasteiger partial charge in [0.1, 0.15) is 17.6 Å². The van der Waals surface area contributed by atoms with Crippen molar-refractivity contribution in [3.8, 4) is 11.5 Å². The summed E-state index contributed by atoms with van der Waals surface area (Å²) >= 11 is 0. The summed E-state index contributed by atoms with van der Waals surface area (Å²) in [4.78, 5) is 59.0. The van der Waals surface area contributed by atoms with E-state index in [9.17, 15) is 23.6 Å². The van der Waals surface area contributed by atoms with Crippen molar-refractivity contribution < 1.29 is 38.1 Å². The second kappa shape index (κ2) is 9.64. The minimum atomic E-state index is -1.65. The normalized spacial score (nSPS) is 18.6. The Labute approximate surface area is 224 Å². The molecule has 3 aliphatic rings. The van der Waals surface area contributed by atoms with E-state index < -0.39 is 35.3 Å². The lowest BCUT2D eigenvalue weighted by Crippen LogP contribution is -2.59. The molecule has 0 spiro atoms. The highest BCUT2D eigenvalue weighted by Crippen LogP contribution is 2.30. The molecule has 2 fully saturated rings. The highest BCUT2D eigenvalue weighted by Gasteiger charge is 2.36. The van der Waals surface area contributed by atoms with Gasteiger partial charge in [0, 0.05) is 32.7 Å². The minimum Gasteiger partial charge on any atom is -0.480 e. The number of halogens is 1. The van der Waals surface area contributed by atoms with Gasteiger partial charge in [0.15, 0.2) is 35.6 Å². The highest BCUT2D eigenvalue weighted by atomic mass is 19.1. The number of carbonyl (C=O) groups excluding carboxylic acids is 2. The van der Waals surface area contributed by atoms with Crippen molar-refractivity contribution in [1.82, 2.24) is 19.9 Å². The van der Waals surface area contributed by atoms with Crippen molar-refractivity contribution in [2.75, 3.05) is 47.9 Å². The smallest absolute Gasteiger partial charge is 0.480 e. The van der Waals surface area contributed by atoms with Gasteiger partial charge >= 0.3 is 12.2 Å². The number of carbonyl (C=O) groups is 3. The molecule has 3 aliphatic heterocycles. The van der Waals surface area contributed by atoms with Gasteiger partial charge in [0.25, 0.3) is 5.91 Å². The number of aryl methyl sites for hydroxylation is 1. The maximum Gasteiger partial charge on any atom is 0.511 e. The fraction of sp³-hybridized carbons (Fsp3) is 0.333. The maximum absolute atomic E-state index is 14.9. The summed E-state index contributed by atoms with van der Waals surface area (Å²) in [5, 5.41) is 14.6. The average Bonchev–Trinajstić information content (AvgIpc) is 3.26. The van der Waals surface area contributed by atoms with E-state index in [1.165, 1.54) is 15.7 Å². The van der Waals surface area contributed by atoms with Crippen molar-refractivity contribution in [2.45, 2.75) is 12.1 Å². The number of amides is 2. The predicted octanol–water partition coefficient (Wildman–Crippen LogP) is 0.659. The van der Waals surface area contributed by atoms with Crippen LogP contribution in [-0.4, -0.2) is 82.7 Å². The fourth-order valence-electron chi connectivity index (χ4n) is 4.72. The molecule has 208 valence electrons. The van der Waals surface area contributed by atoms with Gasteiger partial charge in [0.2, 0.25) is 5.43 Å². The Morgan fingerprint density at radius 2 is 2.05 bits per heavy atom. The summed E-state index contributed by atoms with van der Waals surface area (Å²) in [5.41, 5.74) is -0.601. The molecule has 3 aromatic heterocycles. The Morgan fingerprint density at radius 3 is 2.83 bits per heavy atom. The van der Waals surface area contributed by atoms with Crippen molar-refractivity contribution in [3.05, 3.63) is 40.4 Å². The Bertz CT molecular complexity index is 1620. The van der Waals surface area contributed by atoms with E-state index in [1.54, 1.807) is 24.1 Å². The largest absolute Gasteiger partial charge is 0.511 e. The highest BCUT2D eigenvalue weighted by molar-refractivity contribution is 5.95. The van der Waals surface area contributed by atoms with Crippen LogP contribution in [0, 0.1) is 5.82 Å². The van der Waals surface area contributed by atoms with Gasteiger partial charge in [-0.2, -0.15) is 0 Å². The van der Waals surface area contributed by atoms with Gasteiger partial charge in [-0.3, -0.25) is 14.5 Å². The van der Waals surface area contributed by atoms with Crippen LogP contribution in [0.1, 0.15) is 0 Å². The monoisotopic (exact) mass is 555 g/mol. The molecule has 1 atom stereocenters. The van der Waals surface area contributed by atoms with Crippen LogP contribution in [0.25, 0.3) is 11.0 Å². The second-order valence-electron chi connectivity index (χ2n) is 9.45. The third-order valence-electron chi connectivity index (χ3n) is 6.67. The molecule has 15 nitrogen and oxygen atoms in total. The Hall–Kier alpha value is -4.99. The topological polar surface area (TPSA) is 177 Å². The number of carboxylic acid groups (broad SMARTS) is 1. The number of nitrogens with one attached hydrogen (secondary N) is 2. The van der Waals surface area contributed by atoms with Crippen LogP contribution in [0.15, 0.2) is 29.2 Å². The number of pyridine rings is 3. The summed E-state index contributed by atoms with van der Waals surface area (Å²) in [6.07, 6.45) is -1.50. The van der Waals surface area contributed by atoms with E-state index >= 15 is 0 Å². The number of fused-ring (bicyclic) bond motifs is 2. The Morgan fingerprint density at radius 1 is 1.25 bits per heavy atom. The lowest BCUT2D eigenvalue weighted by molar-refractivity contribution is -0.118. The maximum atomic E-state index is 14.9. The molecule has 0 radical (unpaired) electrons. The van der Waals surface area contributed by atoms with E-state index in [0.29, 0.717) is 31.2 Å². The number of ether oxygens (including phenoxy) is 3. The summed E-state index contributed by atoms with van der Waals surface area (Å²) < 4.78 is 31.5. The van der Waals surface area contributed by atoms with E-state index in [2.05, 4.69) is 25.3 Å². The number of anilines is 3. The van der Waals surface area contributed by atoms with Crippen molar-refractivity contribution in [2.24, 2.45) is 7.05 Å². The lowest BCUT2D eigenvalue weighted by atomic mass is 10.1. The molecule has 0 aliphatic carbocycles. The predicted molar refractivity (Wildman–Crippen MR) is 136 cm³/mol. The number of cyclic esters (lactones) is 1. The summed E-state index contributed by atoms with van der Waals surface area (Å²) in [6, 6.07) is 4.22. The summed E-state index contributed by atoms with van der Waals surface area (Å²) in [6.45, 7) is 1.33. The molecule has 16 heteroatoms. The van der Waals surface area contributed by atoms with Gasteiger partial charge < -0.3 is 39.4 Å². The quantitative estimate of drug-likeness (QED) is 0.363. The molecular weight excluding hydrogens is 533 g/mol. The number of hydrogen-bond donors (Lipinski definition) is 3. The third kappa shape index (κ3) is 4.57. The summed E-state index contributed by atoms with van der Waals surface area (Å²) in [7, 11) is 1.54. The molecule has 0 aromatic carbocycles. The van der Waals surface area contributed by atoms with Crippen LogP contribution in [0.5, 0.6) is 11.5 Å². The molecule has 2 amide bonds. The first-order valence-corrected chi connectivity index (χ1v) is 12.2. The van der Waals surface area contributed by atoms with E-state index in [1.807, 2.05) is 0 Å². The first-order valence-electron chi connectivity index (χ1n) is 12.2. The zero-order valence-corrected chi connectivity index (χ0v) is 20.9. The van der Waals surface area contributed by atoms with Crippen LogP contribution < -0.4 is 35.3 Å². The van der Waals surface area contributed by atoms with Crippen LogP contribution in [0.4, 0.5) is 31.4 Å². The minimum absolute atomic E-state index is 0.0333. The number of hydrogen-bond acceptors (Lipinski definition) is 11. The summed E-state index contributed by atoms with van der Waals surface area (Å²) in [5.74, 6) is -0.475. The average molecular weight is 555 g/mol. The van der Waals surface area contributed by atoms with Crippen LogP contribution in [0.2, 0.25) is 0 Å². The van der Waals surface area contributed by atoms with E-state index in [-0.39, 0.29) is 47.8 Å². The van der Waals surface area contributed by atoms with E-state index in [4.69, 9.17) is 14.6 Å². The van der Waals surface area contributed by atoms with Gasteiger partial charge in [-0.15, -0.1) is 0 Å². The molecule has 0 unspecified atom stereocenters. The molecular formula is C24H22FN7O8. The van der Waals surface area contributed by atoms with Gasteiger partial charge in [0.05, 0.1) is 18.1 Å². The third-order valence-corrected chi connectivity index (χ3v) is 6.67. The first-order chi connectivity index (χ1) is 19.2. The zero-order valence-electron chi connectivity index (χ0n) is 20.9. The Balaban J connectivity index is 1.07. The number of nitrogens with zero attached hydrogens (tertiary/aromatic N) is 5. The molecule has 0 bridgehead atoms. The molecule has 6 rings (SSSR count). The van der Waals surface area contributed by atoms with Gasteiger partial charge in [-0.25, -0.2) is 23.9 Å². The zero-order chi connectivity index (χ0) is 28.1.